The van der Waals surface area contributed by atoms with Gasteiger partial charge in [-0.2, -0.15) is 13.2 Å². The van der Waals surface area contributed by atoms with Crippen molar-refractivity contribution in [2.24, 2.45) is 10.9 Å². The third kappa shape index (κ3) is 5.93. The van der Waals surface area contributed by atoms with Crippen LogP contribution in [-0.2, 0) is 22.1 Å². The van der Waals surface area contributed by atoms with E-state index in [0.29, 0.717) is 25.1 Å². The summed E-state index contributed by atoms with van der Waals surface area (Å²) in [5, 5.41) is 12.3. The predicted molar refractivity (Wildman–Crippen MR) is 128 cm³/mol. The molecule has 1 aromatic carbocycles. The molecule has 0 saturated carbocycles. The number of hydrogen-bond acceptors (Lipinski definition) is 6. The number of benzene rings is 1. The van der Waals surface area contributed by atoms with Gasteiger partial charge < -0.3 is 20.1 Å². The van der Waals surface area contributed by atoms with E-state index in [4.69, 9.17) is 9.84 Å². The largest absolute Gasteiger partial charge is 0.481 e. The fraction of sp³-hybridized carbons (Fsp3) is 0.480. The van der Waals surface area contributed by atoms with Crippen LogP contribution in [0.5, 0.6) is 0 Å². The standard InChI is InChI=1S/C25H29F3N4O3/c1-29-21-14-19(25(26,27)28)3-4-20(21)30-11-7-17-2-5-22(31-15-17)32-12-9-24(10-13-32)8-6-18(16-35-24)23(33)34/h2-5,14-15,18,30H,1,6-13,16H2,(H,33,34). The number of hydrogen-bond donors (Lipinski definition) is 2. The highest BCUT2D eigenvalue weighted by molar-refractivity contribution is 5.70. The van der Waals surface area contributed by atoms with Gasteiger partial charge in [-0.05, 0) is 68.7 Å². The van der Waals surface area contributed by atoms with Crippen LogP contribution in [0.4, 0.5) is 30.4 Å². The topological polar surface area (TPSA) is 87.1 Å². The normalized spacial score (nSPS) is 20.0. The molecular weight excluding hydrogens is 461 g/mol. The number of carboxylic acid groups (broad SMARTS) is 1. The van der Waals surface area contributed by atoms with E-state index in [0.717, 1.165) is 55.9 Å². The molecule has 2 N–H and O–H groups in total. The van der Waals surface area contributed by atoms with Crippen LogP contribution in [0.15, 0.2) is 41.5 Å². The van der Waals surface area contributed by atoms with Crippen LogP contribution < -0.4 is 10.2 Å². The molecule has 1 spiro atoms. The zero-order valence-electron chi connectivity index (χ0n) is 19.4. The van der Waals surface area contributed by atoms with Crippen molar-refractivity contribution in [2.75, 3.05) is 36.5 Å². The predicted octanol–water partition coefficient (Wildman–Crippen LogP) is 4.94. The molecular formula is C25H29F3N4O3. The Labute approximate surface area is 202 Å². The Morgan fingerprint density at radius 3 is 2.60 bits per heavy atom. The van der Waals surface area contributed by atoms with E-state index in [2.05, 4.69) is 26.9 Å². The smallest absolute Gasteiger partial charge is 0.416 e. The molecule has 2 fully saturated rings. The summed E-state index contributed by atoms with van der Waals surface area (Å²) in [6, 6.07) is 7.36. The van der Waals surface area contributed by atoms with Crippen LogP contribution in [-0.4, -0.2) is 54.6 Å². The van der Waals surface area contributed by atoms with Gasteiger partial charge in [0.15, 0.2) is 0 Å². The van der Waals surface area contributed by atoms with E-state index >= 15 is 0 Å². The summed E-state index contributed by atoms with van der Waals surface area (Å²) in [6.45, 7) is 5.77. The number of nitrogens with zero attached hydrogens (tertiary/aromatic N) is 3. The van der Waals surface area contributed by atoms with Gasteiger partial charge in [0.05, 0.1) is 35.1 Å². The van der Waals surface area contributed by atoms with Gasteiger partial charge in [0.1, 0.15) is 5.82 Å². The fourth-order valence-corrected chi connectivity index (χ4v) is 4.68. The number of halogens is 3. The molecule has 1 aromatic heterocycles. The number of carboxylic acids is 1. The highest BCUT2D eigenvalue weighted by Gasteiger charge is 2.41. The second kappa shape index (κ2) is 10.2. The van der Waals surface area contributed by atoms with Gasteiger partial charge in [-0.3, -0.25) is 9.79 Å². The van der Waals surface area contributed by atoms with Gasteiger partial charge in [0.25, 0.3) is 0 Å². The maximum atomic E-state index is 12.9. The number of pyridine rings is 1. The summed E-state index contributed by atoms with van der Waals surface area (Å²) in [4.78, 5) is 21.7. The number of alkyl halides is 3. The quantitative estimate of drug-likeness (QED) is 0.535. The summed E-state index contributed by atoms with van der Waals surface area (Å²) in [7, 11) is 0. The Morgan fingerprint density at radius 1 is 1.26 bits per heavy atom. The van der Waals surface area contributed by atoms with Gasteiger partial charge >= 0.3 is 12.1 Å². The molecule has 0 amide bonds. The van der Waals surface area contributed by atoms with Crippen LogP contribution in [0, 0.1) is 5.92 Å². The molecule has 10 heteroatoms. The molecule has 2 saturated heterocycles. The molecule has 4 rings (SSSR count). The van der Waals surface area contributed by atoms with E-state index in [-0.39, 0.29) is 17.9 Å². The van der Waals surface area contributed by atoms with Gasteiger partial charge in [-0.25, -0.2) is 4.98 Å². The summed E-state index contributed by atoms with van der Waals surface area (Å²) in [6.07, 6.45) is 1.17. The first-order valence-corrected chi connectivity index (χ1v) is 11.7. The van der Waals surface area contributed by atoms with E-state index in [1.165, 1.54) is 6.07 Å². The van der Waals surface area contributed by atoms with Crippen molar-refractivity contribution in [3.63, 3.8) is 0 Å². The number of rotatable bonds is 7. The minimum atomic E-state index is -4.42. The van der Waals surface area contributed by atoms with Crippen molar-refractivity contribution in [1.82, 2.24) is 4.98 Å². The maximum Gasteiger partial charge on any atom is 0.416 e. The van der Waals surface area contributed by atoms with E-state index in [1.807, 2.05) is 18.3 Å². The summed E-state index contributed by atoms with van der Waals surface area (Å²) in [5.74, 6) is -0.299. The van der Waals surface area contributed by atoms with Gasteiger partial charge in [-0.15, -0.1) is 0 Å². The molecule has 0 bridgehead atoms. The minimum absolute atomic E-state index is 0.164. The third-order valence-corrected chi connectivity index (χ3v) is 6.92. The van der Waals surface area contributed by atoms with Gasteiger partial charge in [0.2, 0.25) is 0 Å². The highest BCUT2D eigenvalue weighted by Crippen LogP contribution is 2.38. The molecule has 1 atom stereocenters. The monoisotopic (exact) mass is 490 g/mol. The Hall–Kier alpha value is -3.14. The van der Waals surface area contributed by atoms with Crippen LogP contribution >= 0.6 is 0 Å². The number of carbonyl (C=O) groups is 1. The summed E-state index contributed by atoms with van der Waals surface area (Å²) in [5.41, 5.74) is 0.695. The molecule has 1 unspecified atom stereocenters. The van der Waals surface area contributed by atoms with Crippen LogP contribution in [0.25, 0.3) is 0 Å². The fourth-order valence-electron chi connectivity index (χ4n) is 4.68. The number of nitrogens with one attached hydrogen (secondary N) is 1. The Morgan fingerprint density at radius 2 is 2.03 bits per heavy atom. The van der Waals surface area contributed by atoms with Gasteiger partial charge in [-0.1, -0.05) is 6.07 Å². The lowest BCUT2D eigenvalue weighted by molar-refractivity contribution is -0.158. The summed E-state index contributed by atoms with van der Waals surface area (Å²) >= 11 is 0. The van der Waals surface area contributed by atoms with E-state index in [1.54, 1.807) is 0 Å². The summed E-state index contributed by atoms with van der Waals surface area (Å²) < 4.78 is 44.7. The van der Waals surface area contributed by atoms with Crippen molar-refractivity contribution in [3.05, 3.63) is 47.7 Å². The Balaban J connectivity index is 1.26. The Bertz CT molecular complexity index is 1040. The van der Waals surface area contributed by atoms with Crippen LogP contribution in [0.3, 0.4) is 0 Å². The molecule has 188 valence electrons. The van der Waals surface area contributed by atoms with Crippen molar-refractivity contribution in [3.8, 4) is 0 Å². The molecule has 2 aromatic rings. The zero-order valence-corrected chi connectivity index (χ0v) is 19.4. The average molecular weight is 491 g/mol. The lowest BCUT2D eigenvalue weighted by atomic mass is 9.82. The number of aliphatic carboxylic acids is 1. The SMILES string of the molecule is C=Nc1cc(C(F)(F)F)ccc1NCCc1ccc(N2CCC3(CCC(C(=O)O)CO3)CC2)nc1. The van der Waals surface area contributed by atoms with Crippen molar-refractivity contribution in [1.29, 1.82) is 0 Å². The number of aromatic nitrogens is 1. The molecule has 0 aliphatic carbocycles. The average Bonchev–Trinajstić information content (AvgIpc) is 2.85. The van der Waals surface area contributed by atoms with E-state index in [9.17, 15) is 18.0 Å². The Kier molecular flexibility index (Phi) is 7.30. The molecule has 35 heavy (non-hydrogen) atoms. The molecule has 0 radical (unpaired) electrons. The third-order valence-electron chi connectivity index (χ3n) is 6.92. The van der Waals surface area contributed by atoms with Gasteiger partial charge in [0, 0.05) is 25.8 Å². The minimum Gasteiger partial charge on any atom is -0.481 e. The maximum absolute atomic E-state index is 12.9. The van der Waals surface area contributed by atoms with Crippen LogP contribution in [0.1, 0.15) is 36.8 Å². The first-order valence-electron chi connectivity index (χ1n) is 11.7. The number of anilines is 2. The van der Waals surface area contributed by atoms with Crippen LogP contribution in [0.2, 0.25) is 0 Å². The zero-order chi connectivity index (χ0) is 25.1. The molecule has 2 aliphatic rings. The highest BCUT2D eigenvalue weighted by atomic mass is 19.4. The molecule has 3 heterocycles. The number of piperidine rings is 1. The molecule has 7 nitrogen and oxygen atoms in total. The van der Waals surface area contributed by atoms with Crippen molar-refractivity contribution >= 4 is 29.9 Å². The number of ether oxygens (including phenoxy) is 1. The lowest BCUT2D eigenvalue weighted by Gasteiger charge is -2.45. The second-order valence-electron chi connectivity index (χ2n) is 9.14. The first kappa shape index (κ1) is 25.0. The second-order valence-corrected chi connectivity index (χ2v) is 9.14. The molecule has 2 aliphatic heterocycles. The first-order chi connectivity index (χ1) is 16.7. The van der Waals surface area contributed by atoms with Crippen molar-refractivity contribution in [2.45, 2.75) is 43.9 Å². The van der Waals surface area contributed by atoms with E-state index < -0.39 is 23.6 Å². The van der Waals surface area contributed by atoms with Crippen molar-refractivity contribution < 1.29 is 27.8 Å². The lowest BCUT2D eigenvalue weighted by Crippen LogP contribution is -2.50. The number of aliphatic imine (C=N–C) groups is 1.